The van der Waals surface area contributed by atoms with Gasteiger partial charge in [0.2, 0.25) is 0 Å². The first kappa shape index (κ1) is 14.4. The molecule has 0 aromatic carbocycles. The molecule has 0 N–H and O–H groups in total. The van der Waals surface area contributed by atoms with E-state index < -0.39 is 16.5 Å². The lowest BCUT2D eigenvalue weighted by Gasteiger charge is -2.44. The van der Waals surface area contributed by atoms with Crippen molar-refractivity contribution in [1.29, 1.82) is 0 Å². The molecule has 0 aliphatic carbocycles. The second-order valence-electron chi connectivity index (χ2n) is 5.68. The molecule has 0 heterocycles. The molecule has 0 amide bonds. The van der Waals surface area contributed by atoms with Crippen LogP contribution in [0.3, 0.4) is 0 Å². The Morgan fingerprint density at radius 1 is 0.786 bits per heavy atom. The Morgan fingerprint density at radius 3 is 1.29 bits per heavy atom. The third-order valence-corrected chi connectivity index (χ3v) is 14.3. The Bertz CT molecular complexity index is 149. The summed E-state index contributed by atoms with van der Waals surface area (Å²) >= 11 is 0. The van der Waals surface area contributed by atoms with Crippen LogP contribution in [-0.4, -0.2) is 27.7 Å². The van der Waals surface area contributed by atoms with Gasteiger partial charge in [0.05, 0.1) is 0 Å². The fraction of sp³-hybridized carbons (Fsp3) is 1.00. The maximum absolute atomic E-state index is 2.83. The molecular weight excluding hydrogens is 202 g/mol. The first-order valence-electron chi connectivity index (χ1n) is 6.02. The molecule has 1 nitrogen and oxygen atoms in total. The molecule has 14 heavy (non-hydrogen) atoms. The van der Waals surface area contributed by atoms with Gasteiger partial charge < -0.3 is 4.23 Å². The summed E-state index contributed by atoms with van der Waals surface area (Å²) in [5.41, 5.74) is 0. The average Bonchev–Trinajstić information content (AvgIpc) is 2.02. The number of nitrogens with zero attached hydrogens (tertiary/aromatic N) is 1. The van der Waals surface area contributed by atoms with Crippen molar-refractivity contribution in [3.8, 4) is 0 Å². The molecule has 0 atom stereocenters. The first-order valence-corrected chi connectivity index (χ1v) is 12.3. The fourth-order valence-electron chi connectivity index (χ4n) is 2.38. The van der Waals surface area contributed by atoms with E-state index in [0.29, 0.717) is 0 Å². The monoisotopic (exact) mass is 231 g/mol. The quantitative estimate of drug-likeness (QED) is 0.621. The summed E-state index contributed by atoms with van der Waals surface area (Å²) in [5, 5.41) is 0. The molecule has 0 fully saturated rings. The van der Waals surface area contributed by atoms with E-state index in [1.165, 1.54) is 24.9 Å². The number of rotatable bonds is 6. The van der Waals surface area contributed by atoms with E-state index in [0.717, 1.165) is 0 Å². The van der Waals surface area contributed by atoms with Crippen LogP contribution in [0, 0.1) is 0 Å². The lowest BCUT2D eigenvalue weighted by molar-refractivity contribution is 0.717. The molecule has 0 aliphatic rings. The zero-order chi connectivity index (χ0) is 11.4. The molecule has 0 spiro atoms. The Labute approximate surface area is 93.1 Å². The highest BCUT2D eigenvalue weighted by Gasteiger charge is 2.36. The van der Waals surface area contributed by atoms with Crippen molar-refractivity contribution in [2.45, 2.75) is 65.0 Å². The molecule has 0 aromatic rings. The van der Waals surface area contributed by atoms with Gasteiger partial charge in [0.25, 0.3) is 0 Å². The minimum absolute atomic E-state index is 1.08. The second kappa shape index (κ2) is 5.47. The molecule has 0 rings (SSSR count). The SMILES string of the molecule is CCC[Si](C)(C)N(C)[Si](C)(C)CCC. The van der Waals surface area contributed by atoms with Crippen LogP contribution in [0.25, 0.3) is 0 Å². The Kier molecular flexibility index (Phi) is 5.62. The van der Waals surface area contributed by atoms with Crippen molar-refractivity contribution < 1.29 is 0 Å². The number of hydrogen-bond acceptors (Lipinski definition) is 1. The molecule has 0 bridgehead atoms. The third kappa shape index (κ3) is 3.87. The van der Waals surface area contributed by atoms with Crippen molar-refractivity contribution in [3.05, 3.63) is 0 Å². The largest absolute Gasteiger partial charge is 0.348 e. The van der Waals surface area contributed by atoms with Crippen molar-refractivity contribution in [2.24, 2.45) is 0 Å². The normalized spacial score (nSPS) is 13.7. The predicted molar refractivity (Wildman–Crippen MR) is 72.9 cm³/mol. The van der Waals surface area contributed by atoms with E-state index in [2.05, 4.69) is 51.3 Å². The minimum Gasteiger partial charge on any atom is -0.348 e. The highest BCUT2D eigenvalue weighted by molar-refractivity contribution is 6.90. The van der Waals surface area contributed by atoms with E-state index in [-0.39, 0.29) is 0 Å². The third-order valence-electron chi connectivity index (χ3n) is 3.54. The zero-order valence-electron chi connectivity index (χ0n) is 11.3. The van der Waals surface area contributed by atoms with Crippen LogP contribution in [0.15, 0.2) is 0 Å². The van der Waals surface area contributed by atoms with Gasteiger partial charge in [0.15, 0.2) is 0 Å². The van der Waals surface area contributed by atoms with Crippen LogP contribution in [0.5, 0.6) is 0 Å². The van der Waals surface area contributed by atoms with Crippen molar-refractivity contribution in [2.75, 3.05) is 7.05 Å². The zero-order valence-corrected chi connectivity index (χ0v) is 13.3. The number of hydrogen-bond donors (Lipinski definition) is 0. The topological polar surface area (TPSA) is 3.24 Å². The second-order valence-corrected chi connectivity index (χ2v) is 15.7. The van der Waals surface area contributed by atoms with E-state index in [9.17, 15) is 0 Å². The van der Waals surface area contributed by atoms with E-state index in [4.69, 9.17) is 0 Å². The smallest absolute Gasteiger partial charge is 0.115 e. The van der Waals surface area contributed by atoms with E-state index in [1.807, 2.05) is 0 Å². The van der Waals surface area contributed by atoms with Gasteiger partial charge in [-0.2, -0.15) is 0 Å². The van der Waals surface area contributed by atoms with E-state index in [1.54, 1.807) is 0 Å². The molecule has 86 valence electrons. The summed E-state index contributed by atoms with van der Waals surface area (Å²) in [6.07, 6.45) is 2.69. The molecule has 0 radical (unpaired) electrons. The highest BCUT2D eigenvalue weighted by Crippen LogP contribution is 2.25. The standard InChI is InChI=1S/C11H29NSi2/c1-8-10-13(4,5)12(3)14(6,7)11-9-2/h8-11H2,1-7H3. The average molecular weight is 232 g/mol. The van der Waals surface area contributed by atoms with Crippen LogP contribution in [0.4, 0.5) is 0 Å². The lowest BCUT2D eigenvalue weighted by Crippen LogP contribution is -2.59. The van der Waals surface area contributed by atoms with Gasteiger partial charge in [0.1, 0.15) is 16.5 Å². The summed E-state index contributed by atoms with van der Waals surface area (Å²) in [5.74, 6) is 0. The van der Waals surface area contributed by atoms with Crippen LogP contribution in [0.1, 0.15) is 26.7 Å². The van der Waals surface area contributed by atoms with Gasteiger partial charge in [-0.1, -0.05) is 52.9 Å². The van der Waals surface area contributed by atoms with Gasteiger partial charge in [-0.3, -0.25) is 0 Å². The molecular formula is C11H29NSi2. The van der Waals surface area contributed by atoms with Crippen LogP contribution in [-0.2, 0) is 0 Å². The Morgan fingerprint density at radius 2 is 1.07 bits per heavy atom. The van der Waals surface area contributed by atoms with Gasteiger partial charge >= 0.3 is 0 Å². The predicted octanol–water partition coefficient (Wildman–Crippen LogP) is 4.15. The van der Waals surface area contributed by atoms with Crippen LogP contribution in [0.2, 0.25) is 38.3 Å². The summed E-state index contributed by atoms with van der Waals surface area (Å²) in [6.45, 7) is 14.7. The summed E-state index contributed by atoms with van der Waals surface area (Å²) < 4.78 is 2.83. The Balaban J connectivity index is 4.49. The fourth-order valence-corrected chi connectivity index (χ4v) is 12.7. The van der Waals surface area contributed by atoms with Gasteiger partial charge in [-0.05, 0) is 19.1 Å². The molecule has 0 aliphatic heterocycles. The first-order chi connectivity index (χ1) is 6.28. The van der Waals surface area contributed by atoms with Gasteiger partial charge in [-0.15, -0.1) is 0 Å². The van der Waals surface area contributed by atoms with E-state index >= 15 is 0 Å². The van der Waals surface area contributed by atoms with Gasteiger partial charge in [-0.25, -0.2) is 0 Å². The van der Waals surface area contributed by atoms with Crippen molar-refractivity contribution in [1.82, 2.24) is 4.23 Å². The maximum Gasteiger partial charge on any atom is 0.115 e. The van der Waals surface area contributed by atoms with Crippen LogP contribution < -0.4 is 0 Å². The summed E-state index contributed by atoms with van der Waals surface area (Å²) in [6, 6.07) is 2.90. The molecule has 0 saturated carbocycles. The lowest BCUT2D eigenvalue weighted by atomic mass is 10.6. The highest BCUT2D eigenvalue weighted by atomic mass is 28.4. The molecule has 0 saturated heterocycles. The summed E-state index contributed by atoms with van der Waals surface area (Å²) in [7, 11) is 0.224. The molecule has 0 unspecified atom stereocenters. The summed E-state index contributed by atoms with van der Waals surface area (Å²) in [4.78, 5) is 0. The molecule has 0 aromatic heterocycles. The van der Waals surface area contributed by atoms with Crippen molar-refractivity contribution in [3.63, 3.8) is 0 Å². The Hall–Kier alpha value is 0.394. The van der Waals surface area contributed by atoms with Crippen molar-refractivity contribution >= 4 is 16.5 Å². The molecule has 3 heteroatoms. The maximum atomic E-state index is 2.83. The minimum atomic E-state index is -1.08. The van der Waals surface area contributed by atoms with Gasteiger partial charge in [0, 0.05) is 0 Å². The van der Waals surface area contributed by atoms with Crippen LogP contribution >= 0.6 is 0 Å².